The summed E-state index contributed by atoms with van der Waals surface area (Å²) in [6.45, 7) is -0.130. The van der Waals surface area contributed by atoms with Gasteiger partial charge in [-0.05, 0) is 90.3 Å². The molecule has 0 spiro atoms. The molecule has 0 saturated carbocycles. The molecule has 5 rings (SSSR count). The number of carbonyl (C=O) groups excluding carboxylic acids is 2. The van der Waals surface area contributed by atoms with Crippen molar-refractivity contribution < 1.29 is 22.7 Å². The average Bonchev–Trinajstić information content (AvgIpc) is 3.42. The van der Waals surface area contributed by atoms with E-state index in [-0.39, 0.29) is 22.4 Å². The number of anilines is 2. The molecule has 0 unspecified atom stereocenters. The Morgan fingerprint density at radius 2 is 1.63 bits per heavy atom. The second-order valence-corrected chi connectivity index (χ2v) is 13.0. The van der Waals surface area contributed by atoms with Crippen molar-refractivity contribution in [3.63, 3.8) is 0 Å². The summed E-state index contributed by atoms with van der Waals surface area (Å²) in [4.78, 5) is 28.2. The summed E-state index contributed by atoms with van der Waals surface area (Å²) in [6.07, 6.45) is 0.669. The van der Waals surface area contributed by atoms with Crippen molar-refractivity contribution in [3.05, 3.63) is 117 Å². The minimum absolute atomic E-state index is 0.0185. The van der Waals surface area contributed by atoms with Crippen molar-refractivity contribution in [1.82, 2.24) is 4.31 Å². The fourth-order valence-corrected chi connectivity index (χ4v) is 6.57. The van der Waals surface area contributed by atoms with E-state index in [1.807, 2.05) is 6.07 Å². The lowest BCUT2D eigenvalue weighted by Gasteiger charge is -2.23. The molecule has 1 aliphatic rings. The molecule has 4 aromatic rings. The number of benzene rings is 4. The number of hydrogen-bond acceptors (Lipinski definition) is 5. The highest BCUT2D eigenvalue weighted by molar-refractivity contribution is 7.89. The van der Waals surface area contributed by atoms with Crippen LogP contribution in [0.2, 0.25) is 15.1 Å². The van der Waals surface area contributed by atoms with Crippen molar-refractivity contribution >= 4 is 68.0 Å². The van der Waals surface area contributed by atoms with E-state index in [2.05, 4.69) is 5.32 Å². The van der Waals surface area contributed by atoms with E-state index in [1.165, 1.54) is 24.3 Å². The van der Waals surface area contributed by atoms with Crippen LogP contribution in [0.3, 0.4) is 0 Å². The van der Waals surface area contributed by atoms with Gasteiger partial charge in [-0.2, -0.15) is 4.31 Å². The van der Waals surface area contributed by atoms with Crippen LogP contribution in [0.25, 0.3) is 0 Å². The maximum atomic E-state index is 13.6. The number of nitrogens with one attached hydrogen (secondary N) is 1. The lowest BCUT2D eigenvalue weighted by Crippen LogP contribution is -2.37. The summed E-state index contributed by atoms with van der Waals surface area (Å²) in [7, 11) is -2.56. The van der Waals surface area contributed by atoms with Gasteiger partial charge < -0.3 is 15.0 Å². The summed E-state index contributed by atoms with van der Waals surface area (Å²) in [6, 6.07) is 22.6. The largest absolute Gasteiger partial charge is 0.497 e. The third-order valence-corrected chi connectivity index (χ3v) is 9.76. The first-order valence-corrected chi connectivity index (χ1v) is 15.7. The summed E-state index contributed by atoms with van der Waals surface area (Å²) in [5.74, 6) is -0.0926. The van der Waals surface area contributed by atoms with Crippen LogP contribution in [0.15, 0.2) is 89.8 Å². The first kappa shape index (κ1) is 30.8. The van der Waals surface area contributed by atoms with Crippen molar-refractivity contribution in [2.45, 2.75) is 17.9 Å². The maximum absolute atomic E-state index is 13.6. The molecule has 0 fully saturated rings. The van der Waals surface area contributed by atoms with Crippen LogP contribution in [0.1, 0.15) is 21.5 Å². The number of carbonyl (C=O) groups is 2. The quantitative estimate of drug-likeness (QED) is 0.216. The number of methoxy groups -OCH3 is 1. The van der Waals surface area contributed by atoms with Gasteiger partial charge in [0, 0.05) is 35.1 Å². The minimum atomic E-state index is -4.12. The molecule has 0 atom stereocenters. The number of fused-ring (bicyclic) bond motifs is 1. The third kappa shape index (κ3) is 6.98. The third-order valence-electron chi connectivity index (χ3n) is 6.96. The van der Waals surface area contributed by atoms with E-state index < -0.39 is 22.5 Å². The number of rotatable bonds is 9. The molecule has 0 radical (unpaired) electrons. The fraction of sp³-hybridized carbons (Fsp3) is 0.161. The average molecular weight is 659 g/mol. The molecular weight excluding hydrogens is 633 g/mol. The predicted molar refractivity (Wildman–Crippen MR) is 169 cm³/mol. The first-order chi connectivity index (χ1) is 20.5. The van der Waals surface area contributed by atoms with Gasteiger partial charge in [-0.1, -0.05) is 46.9 Å². The Kier molecular flexibility index (Phi) is 9.29. The maximum Gasteiger partial charge on any atom is 0.258 e. The molecule has 0 aliphatic carbocycles. The first-order valence-electron chi connectivity index (χ1n) is 13.1. The highest BCUT2D eigenvalue weighted by Gasteiger charge is 2.29. The van der Waals surface area contributed by atoms with E-state index in [0.717, 1.165) is 9.87 Å². The predicted octanol–water partition coefficient (Wildman–Crippen LogP) is 6.69. The van der Waals surface area contributed by atoms with Crippen LogP contribution in [-0.2, 0) is 27.8 Å². The standard InChI is InChI=1S/C31H26Cl3N3O5S/c1-42-25-9-4-22(5-10-25)31(39)37-15-14-21-3-8-24(17-29(21)37)35-30(38)19-36(18-20-2-13-27(33)28(34)16-20)43(40,41)26-11-6-23(32)7-12-26/h2-13,16-17H,14-15,18-19H2,1H3,(H,35,38). The molecule has 1 heterocycles. The lowest BCUT2D eigenvalue weighted by molar-refractivity contribution is -0.116. The van der Waals surface area contributed by atoms with Gasteiger partial charge in [0.25, 0.3) is 5.91 Å². The Morgan fingerprint density at radius 1 is 0.907 bits per heavy atom. The van der Waals surface area contributed by atoms with Gasteiger partial charge in [0.1, 0.15) is 5.75 Å². The number of amides is 2. The van der Waals surface area contributed by atoms with E-state index in [1.54, 1.807) is 66.6 Å². The highest BCUT2D eigenvalue weighted by Crippen LogP contribution is 2.33. The molecule has 1 N–H and O–H groups in total. The Hall–Kier alpha value is -3.60. The van der Waals surface area contributed by atoms with Crippen molar-refractivity contribution in [2.75, 3.05) is 30.4 Å². The van der Waals surface area contributed by atoms with E-state index in [0.29, 0.717) is 51.3 Å². The smallest absolute Gasteiger partial charge is 0.258 e. The van der Waals surface area contributed by atoms with Gasteiger partial charge in [-0.3, -0.25) is 9.59 Å². The Balaban J connectivity index is 1.37. The molecule has 8 nitrogen and oxygen atoms in total. The second-order valence-electron chi connectivity index (χ2n) is 9.80. The zero-order valence-corrected chi connectivity index (χ0v) is 26.0. The lowest BCUT2D eigenvalue weighted by atomic mass is 10.1. The van der Waals surface area contributed by atoms with Gasteiger partial charge in [0.2, 0.25) is 15.9 Å². The van der Waals surface area contributed by atoms with Crippen molar-refractivity contribution in [1.29, 1.82) is 0 Å². The normalized spacial score (nSPS) is 12.7. The van der Waals surface area contributed by atoms with Crippen LogP contribution in [-0.4, -0.2) is 44.7 Å². The molecule has 1 aliphatic heterocycles. The Bertz CT molecular complexity index is 1780. The molecule has 12 heteroatoms. The van der Waals surface area contributed by atoms with Crippen LogP contribution in [0.5, 0.6) is 5.75 Å². The van der Waals surface area contributed by atoms with Gasteiger partial charge >= 0.3 is 0 Å². The monoisotopic (exact) mass is 657 g/mol. The van der Waals surface area contributed by atoms with Crippen LogP contribution < -0.4 is 15.0 Å². The van der Waals surface area contributed by atoms with Gasteiger partial charge in [0.05, 0.1) is 28.6 Å². The number of sulfonamides is 1. The molecule has 222 valence electrons. The summed E-state index contributed by atoms with van der Waals surface area (Å²) < 4.78 is 33.5. The van der Waals surface area contributed by atoms with Crippen LogP contribution in [0, 0.1) is 0 Å². The van der Waals surface area contributed by atoms with Crippen molar-refractivity contribution in [2.24, 2.45) is 0 Å². The molecule has 43 heavy (non-hydrogen) atoms. The van der Waals surface area contributed by atoms with Gasteiger partial charge in [-0.25, -0.2) is 8.42 Å². The zero-order valence-electron chi connectivity index (χ0n) is 22.9. The molecule has 0 saturated heterocycles. The SMILES string of the molecule is COc1ccc(C(=O)N2CCc3ccc(NC(=O)CN(Cc4ccc(Cl)c(Cl)c4)S(=O)(=O)c4ccc(Cl)cc4)cc32)cc1. The minimum Gasteiger partial charge on any atom is -0.497 e. The molecule has 4 aromatic carbocycles. The second kappa shape index (κ2) is 13.0. The number of ether oxygens (including phenoxy) is 1. The van der Waals surface area contributed by atoms with Crippen LogP contribution >= 0.6 is 34.8 Å². The molecular formula is C31H26Cl3N3O5S. The molecule has 2 amide bonds. The topological polar surface area (TPSA) is 96.0 Å². The molecule has 0 aromatic heterocycles. The van der Waals surface area contributed by atoms with Gasteiger partial charge in [-0.15, -0.1) is 0 Å². The molecule has 0 bridgehead atoms. The van der Waals surface area contributed by atoms with Crippen molar-refractivity contribution in [3.8, 4) is 5.75 Å². The Labute approximate surface area is 264 Å². The fourth-order valence-electron chi connectivity index (χ4n) is 4.74. The number of hydrogen-bond donors (Lipinski definition) is 1. The van der Waals surface area contributed by atoms with E-state index >= 15 is 0 Å². The number of halogens is 3. The van der Waals surface area contributed by atoms with Gasteiger partial charge in [0.15, 0.2) is 0 Å². The van der Waals surface area contributed by atoms with E-state index in [9.17, 15) is 18.0 Å². The number of nitrogens with zero attached hydrogens (tertiary/aromatic N) is 2. The summed E-state index contributed by atoms with van der Waals surface area (Å²) in [5.41, 5.74) is 3.13. The Morgan fingerprint density at radius 3 is 2.30 bits per heavy atom. The van der Waals surface area contributed by atoms with E-state index in [4.69, 9.17) is 39.5 Å². The van der Waals surface area contributed by atoms with Crippen LogP contribution in [0.4, 0.5) is 11.4 Å². The summed E-state index contributed by atoms with van der Waals surface area (Å²) in [5, 5.41) is 3.75. The summed E-state index contributed by atoms with van der Waals surface area (Å²) >= 11 is 18.2. The zero-order chi connectivity index (χ0) is 30.7. The highest BCUT2D eigenvalue weighted by atomic mass is 35.5.